The number of nitrogens with one attached hydrogen (secondary N) is 2. The Kier molecular flexibility index (Phi) is 10.1. The van der Waals surface area contributed by atoms with Gasteiger partial charge < -0.3 is 29.6 Å². The number of benzene rings is 2. The third-order valence-electron chi connectivity index (χ3n) is 9.22. The molecule has 3 atom stereocenters. The number of carbonyl (C=O) groups excluding carboxylic acids is 5. The fraction of sp³-hybridized carbons (Fsp3) is 0.400. The number of urea groups is 1. The Morgan fingerprint density at radius 2 is 1.66 bits per heavy atom. The fourth-order valence-electron chi connectivity index (χ4n) is 6.23. The number of aromatic nitrogens is 2. The van der Waals surface area contributed by atoms with Gasteiger partial charge in [0.25, 0.3) is 5.91 Å². The van der Waals surface area contributed by atoms with Gasteiger partial charge in [-0.2, -0.15) is 9.36 Å². The molecule has 19 nitrogen and oxygen atoms in total. The second-order valence-corrected chi connectivity index (χ2v) is 16.5. The van der Waals surface area contributed by atoms with Crippen molar-refractivity contribution in [2.45, 2.75) is 67.2 Å². The molecule has 4 heterocycles. The van der Waals surface area contributed by atoms with E-state index in [1.54, 1.807) is 20.8 Å². The largest absolute Gasteiger partial charge is 0.479 e. The number of β-lactam (4-membered cyclic amide) rings is 1. The molecule has 21 heteroatoms. The molecule has 294 valence electrons. The van der Waals surface area contributed by atoms with Crippen molar-refractivity contribution in [3.05, 3.63) is 77.6 Å². The van der Waals surface area contributed by atoms with Gasteiger partial charge in [0.2, 0.25) is 33.0 Å². The van der Waals surface area contributed by atoms with Gasteiger partial charge in [0.1, 0.15) is 17.0 Å². The van der Waals surface area contributed by atoms with Crippen molar-refractivity contribution in [1.29, 1.82) is 0 Å². The van der Waals surface area contributed by atoms with Gasteiger partial charge in [-0.05, 0) is 31.9 Å². The number of carboxylic acid groups (broad SMARTS) is 1. The minimum atomic E-state index is -1.85. The second-order valence-electron chi connectivity index (χ2n) is 14.3. The summed E-state index contributed by atoms with van der Waals surface area (Å²) in [6.07, 6.45) is -1.20. The summed E-state index contributed by atoms with van der Waals surface area (Å²) in [5.74, 6) is 1.70. The average molecular weight is 808 g/mol. The molecule has 4 aliphatic rings. The fourth-order valence-corrected chi connectivity index (χ4v) is 8.42. The Morgan fingerprint density at radius 1 is 1.02 bits per heavy atom. The van der Waals surface area contributed by atoms with Crippen molar-refractivity contribution >= 4 is 70.0 Å². The summed E-state index contributed by atoms with van der Waals surface area (Å²) in [6, 6.07) is 16.3. The summed E-state index contributed by atoms with van der Waals surface area (Å²) in [4.78, 5) is 89.4. The topological polar surface area (TPSA) is 248 Å². The molecule has 0 unspecified atom stereocenters. The molecule has 7 rings (SSSR count). The lowest BCUT2D eigenvalue weighted by Crippen LogP contribution is -2.68. The summed E-state index contributed by atoms with van der Waals surface area (Å²) in [5.41, 5.74) is -1.50. The van der Waals surface area contributed by atoms with Gasteiger partial charge in [-0.1, -0.05) is 77.6 Å². The van der Waals surface area contributed by atoms with E-state index in [-0.39, 0.29) is 43.4 Å². The summed E-state index contributed by atoms with van der Waals surface area (Å²) < 4.78 is 15.5. The van der Waals surface area contributed by atoms with Gasteiger partial charge >= 0.3 is 24.1 Å². The maximum Gasteiger partial charge on any atom is 0.414 e. The number of aliphatic carboxylic acids is 1. The molecule has 3 saturated heterocycles. The number of nitrogens with zero attached hydrogens (tertiary/aromatic N) is 6. The van der Waals surface area contributed by atoms with Gasteiger partial charge in [0.15, 0.2) is 6.10 Å². The maximum absolute atomic E-state index is 14.0. The Morgan fingerprint density at radius 3 is 2.21 bits per heavy atom. The smallest absolute Gasteiger partial charge is 0.414 e. The van der Waals surface area contributed by atoms with Crippen molar-refractivity contribution in [2.75, 3.05) is 25.0 Å². The molecular formula is C35H37N9O10S2. The van der Waals surface area contributed by atoms with Crippen LogP contribution in [0.2, 0.25) is 0 Å². The quantitative estimate of drug-likeness (QED) is 0.0512. The van der Waals surface area contributed by atoms with E-state index in [1.807, 2.05) is 60.7 Å². The molecule has 3 aliphatic heterocycles. The van der Waals surface area contributed by atoms with Crippen molar-refractivity contribution in [2.24, 2.45) is 11.0 Å². The van der Waals surface area contributed by atoms with Crippen molar-refractivity contribution < 1.29 is 48.2 Å². The number of rotatable bonds is 12. The van der Waals surface area contributed by atoms with Crippen LogP contribution in [0.5, 0.6) is 0 Å². The molecule has 0 radical (unpaired) electrons. The van der Waals surface area contributed by atoms with Crippen molar-refractivity contribution in [1.82, 2.24) is 29.5 Å². The van der Waals surface area contributed by atoms with Crippen LogP contribution in [-0.2, 0) is 33.5 Å². The van der Waals surface area contributed by atoms with Crippen LogP contribution in [0.4, 0.5) is 14.7 Å². The normalized spacial score (nSPS) is 22.7. The predicted octanol–water partition coefficient (Wildman–Crippen LogP) is 2.26. The van der Waals surface area contributed by atoms with E-state index in [1.165, 1.54) is 4.90 Å². The molecule has 1 aromatic heterocycles. The summed E-state index contributed by atoms with van der Waals surface area (Å²) in [5, 5.41) is 19.3. The molecule has 5 N–H and O–H groups in total. The van der Waals surface area contributed by atoms with Crippen LogP contribution in [0.3, 0.4) is 0 Å². The van der Waals surface area contributed by atoms with Gasteiger partial charge in [0, 0.05) is 30.9 Å². The van der Waals surface area contributed by atoms with E-state index in [0.717, 1.165) is 21.7 Å². The first-order valence-corrected chi connectivity index (χ1v) is 19.0. The van der Waals surface area contributed by atoms with E-state index in [9.17, 15) is 33.9 Å². The maximum atomic E-state index is 14.0. The SMILES string of the molecule is CC(C)(C)OC(=O)Nc1nc(/C(=N/OC2(C(=O)OC(c3ccccc3)c3ccccc3)CC2)C(=O)N[C@@H]2C(=O)N3C[C@@](C(=O)O)(N4CCN(N)C4=O)S[C@H]23)ns1. The number of amides is 5. The first kappa shape index (κ1) is 38.5. The number of fused-ring (bicyclic) bond motifs is 1. The number of ether oxygens (including phenoxy) is 2. The standard InChI is InChI=1S/C35H37N9O10S2/c1-33(2,3)53-31(50)39-30-38-24(41-56-30)21(25(45)37-22-26(46)42-18-35(28(47)48,55-27(22)42)43-16-17-44(36)32(43)51)40-54-34(14-15-34)29(49)52-23(19-10-6-4-7-11-19)20-12-8-5-9-13-20/h4-13,22-23,27H,14-18,36H2,1-3H3,(H,37,45)(H,47,48)(H,38,39,41,50)/b40-21-/t22-,27-,35-/m1/s1. The zero-order valence-electron chi connectivity index (χ0n) is 30.2. The van der Waals surface area contributed by atoms with Crippen LogP contribution in [0, 0.1) is 0 Å². The van der Waals surface area contributed by atoms with Gasteiger partial charge in [-0.15, -0.1) is 0 Å². The van der Waals surface area contributed by atoms with E-state index < -0.39 is 75.2 Å². The zero-order chi connectivity index (χ0) is 40.0. The summed E-state index contributed by atoms with van der Waals surface area (Å²) >= 11 is 1.52. The molecule has 3 aromatic rings. The molecule has 0 bridgehead atoms. The number of nitrogens with two attached hydrogens (primary N) is 1. The molecule has 1 saturated carbocycles. The number of esters is 1. The Labute approximate surface area is 327 Å². The van der Waals surface area contributed by atoms with Crippen LogP contribution in [0.1, 0.15) is 56.7 Å². The molecule has 5 amide bonds. The number of carboxylic acids is 1. The lowest BCUT2D eigenvalue weighted by atomic mass is 10.0. The van der Waals surface area contributed by atoms with Crippen LogP contribution in [0.25, 0.3) is 0 Å². The molecule has 0 spiro atoms. The van der Waals surface area contributed by atoms with Crippen LogP contribution in [0.15, 0.2) is 65.8 Å². The molecular weight excluding hydrogens is 771 g/mol. The molecule has 4 fully saturated rings. The minimum absolute atomic E-state index is 0.0192. The number of hydrogen-bond donors (Lipinski definition) is 4. The Bertz CT molecular complexity index is 2050. The van der Waals surface area contributed by atoms with E-state index in [0.29, 0.717) is 22.7 Å². The highest BCUT2D eigenvalue weighted by Crippen LogP contribution is 2.49. The first-order chi connectivity index (χ1) is 26.6. The lowest BCUT2D eigenvalue weighted by molar-refractivity contribution is -0.164. The highest BCUT2D eigenvalue weighted by molar-refractivity contribution is 8.02. The van der Waals surface area contributed by atoms with Crippen LogP contribution in [-0.4, -0.2) is 118 Å². The second kappa shape index (κ2) is 14.7. The molecule has 56 heavy (non-hydrogen) atoms. The number of hydrazine groups is 1. The minimum Gasteiger partial charge on any atom is -0.479 e. The zero-order valence-corrected chi connectivity index (χ0v) is 31.9. The van der Waals surface area contributed by atoms with E-state index in [2.05, 4.69) is 25.1 Å². The summed E-state index contributed by atoms with van der Waals surface area (Å²) in [7, 11) is 0. The Balaban J connectivity index is 1.13. The molecule has 2 aromatic carbocycles. The lowest BCUT2D eigenvalue weighted by Gasteiger charge is -2.41. The van der Waals surface area contributed by atoms with Crippen molar-refractivity contribution in [3.63, 3.8) is 0 Å². The third-order valence-corrected chi connectivity index (χ3v) is 11.5. The first-order valence-electron chi connectivity index (χ1n) is 17.4. The molecule has 1 aliphatic carbocycles. The third kappa shape index (κ3) is 7.43. The number of oxime groups is 1. The van der Waals surface area contributed by atoms with Gasteiger partial charge in [0.05, 0.1) is 13.1 Å². The van der Waals surface area contributed by atoms with Gasteiger partial charge in [-0.3, -0.25) is 24.8 Å². The summed E-state index contributed by atoms with van der Waals surface area (Å²) in [6.45, 7) is 4.79. The number of carbonyl (C=O) groups is 6. The number of thioether (sulfide) groups is 1. The Hall–Kier alpha value is -5.80. The van der Waals surface area contributed by atoms with E-state index in [4.69, 9.17) is 20.2 Å². The number of anilines is 1. The van der Waals surface area contributed by atoms with Crippen molar-refractivity contribution in [3.8, 4) is 0 Å². The monoisotopic (exact) mass is 807 g/mol. The highest BCUT2D eigenvalue weighted by atomic mass is 32.2. The average Bonchev–Trinajstić information content (AvgIpc) is 3.48. The highest BCUT2D eigenvalue weighted by Gasteiger charge is 2.66. The van der Waals surface area contributed by atoms with Gasteiger partial charge in [-0.25, -0.2) is 25.0 Å². The van der Waals surface area contributed by atoms with Crippen LogP contribution < -0.4 is 16.5 Å². The van der Waals surface area contributed by atoms with E-state index >= 15 is 0 Å². The van der Waals surface area contributed by atoms with Crippen LogP contribution >= 0.6 is 23.3 Å². The number of hydrogen-bond acceptors (Lipinski definition) is 15. The predicted molar refractivity (Wildman–Crippen MR) is 199 cm³/mol.